The standard InChI is InChI=1S/C10H12N2O/c1-10(13,7-12)9-5-3-2-4-8(9)6-11/h2-5,13H,7,12H2,1H3. The van der Waals surface area contributed by atoms with Gasteiger partial charge < -0.3 is 10.8 Å². The van der Waals surface area contributed by atoms with Crippen molar-refractivity contribution in [1.82, 2.24) is 0 Å². The Bertz CT molecular complexity index is 339. The lowest BCUT2D eigenvalue weighted by atomic mass is 9.92. The van der Waals surface area contributed by atoms with Crippen LogP contribution in [0.2, 0.25) is 0 Å². The summed E-state index contributed by atoms with van der Waals surface area (Å²) in [6.07, 6.45) is 0. The molecule has 0 radical (unpaired) electrons. The normalized spacial score (nSPS) is 14.6. The first kappa shape index (κ1) is 9.72. The monoisotopic (exact) mass is 176 g/mol. The quantitative estimate of drug-likeness (QED) is 0.697. The predicted molar refractivity (Wildman–Crippen MR) is 49.8 cm³/mol. The number of hydrogen-bond donors (Lipinski definition) is 2. The van der Waals surface area contributed by atoms with E-state index in [1.165, 1.54) is 0 Å². The van der Waals surface area contributed by atoms with Crippen molar-refractivity contribution in [3.63, 3.8) is 0 Å². The molecule has 0 aliphatic heterocycles. The molecule has 0 heterocycles. The SMILES string of the molecule is CC(O)(CN)c1ccccc1C#N. The molecule has 0 amide bonds. The summed E-state index contributed by atoms with van der Waals surface area (Å²) in [7, 11) is 0. The van der Waals surface area contributed by atoms with Gasteiger partial charge in [-0.1, -0.05) is 18.2 Å². The lowest BCUT2D eigenvalue weighted by Crippen LogP contribution is -2.32. The Labute approximate surface area is 77.4 Å². The Kier molecular flexibility index (Phi) is 2.66. The number of nitrogens with zero attached hydrogens (tertiary/aromatic N) is 1. The van der Waals surface area contributed by atoms with Gasteiger partial charge in [0.25, 0.3) is 0 Å². The first-order valence-electron chi connectivity index (χ1n) is 4.04. The highest BCUT2D eigenvalue weighted by atomic mass is 16.3. The van der Waals surface area contributed by atoms with E-state index in [2.05, 4.69) is 0 Å². The van der Waals surface area contributed by atoms with Gasteiger partial charge in [-0.15, -0.1) is 0 Å². The van der Waals surface area contributed by atoms with Crippen LogP contribution in [0.1, 0.15) is 18.1 Å². The van der Waals surface area contributed by atoms with Crippen molar-refractivity contribution >= 4 is 0 Å². The van der Waals surface area contributed by atoms with E-state index in [0.717, 1.165) is 0 Å². The second-order valence-electron chi connectivity index (χ2n) is 3.14. The second-order valence-corrected chi connectivity index (χ2v) is 3.14. The Morgan fingerprint density at radius 1 is 1.54 bits per heavy atom. The van der Waals surface area contributed by atoms with Gasteiger partial charge in [-0.2, -0.15) is 5.26 Å². The average Bonchev–Trinajstić information content (AvgIpc) is 2.18. The number of benzene rings is 1. The van der Waals surface area contributed by atoms with Crippen LogP contribution >= 0.6 is 0 Å². The maximum atomic E-state index is 9.83. The Morgan fingerprint density at radius 3 is 2.69 bits per heavy atom. The smallest absolute Gasteiger partial charge is 0.100 e. The molecule has 3 nitrogen and oxygen atoms in total. The van der Waals surface area contributed by atoms with E-state index in [4.69, 9.17) is 11.0 Å². The van der Waals surface area contributed by atoms with Crippen LogP contribution in [0.25, 0.3) is 0 Å². The molecule has 68 valence electrons. The zero-order valence-corrected chi connectivity index (χ0v) is 7.49. The fourth-order valence-corrected chi connectivity index (χ4v) is 1.16. The maximum absolute atomic E-state index is 9.83. The summed E-state index contributed by atoms with van der Waals surface area (Å²) >= 11 is 0. The molecule has 0 aliphatic carbocycles. The second kappa shape index (κ2) is 3.56. The lowest BCUT2D eigenvalue weighted by molar-refractivity contribution is 0.0665. The molecule has 0 aliphatic rings. The minimum atomic E-state index is -1.12. The molecule has 1 atom stereocenters. The number of hydrogen-bond acceptors (Lipinski definition) is 3. The largest absolute Gasteiger partial charge is 0.384 e. The molecule has 13 heavy (non-hydrogen) atoms. The van der Waals surface area contributed by atoms with Crippen LogP contribution in [0.5, 0.6) is 0 Å². The van der Waals surface area contributed by atoms with Crippen molar-refractivity contribution in [3.8, 4) is 6.07 Å². The van der Waals surface area contributed by atoms with E-state index < -0.39 is 5.60 Å². The van der Waals surface area contributed by atoms with Crippen LogP contribution in [0.15, 0.2) is 24.3 Å². The topological polar surface area (TPSA) is 70.0 Å². The van der Waals surface area contributed by atoms with Gasteiger partial charge in [0.2, 0.25) is 0 Å². The number of aliphatic hydroxyl groups is 1. The van der Waals surface area contributed by atoms with Gasteiger partial charge in [-0.3, -0.25) is 0 Å². The van der Waals surface area contributed by atoms with Crippen molar-refractivity contribution in [2.45, 2.75) is 12.5 Å². The summed E-state index contributed by atoms with van der Waals surface area (Å²) in [5.41, 5.74) is 5.34. The van der Waals surface area contributed by atoms with Crippen LogP contribution in [0, 0.1) is 11.3 Å². The molecule has 3 N–H and O–H groups in total. The summed E-state index contributed by atoms with van der Waals surface area (Å²) in [6.45, 7) is 1.70. The van der Waals surface area contributed by atoms with E-state index in [1.54, 1.807) is 31.2 Å². The van der Waals surface area contributed by atoms with Gasteiger partial charge >= 0.3 is 0 Å². The maximum Gasteiger partial charge on any atom is 0.100 e. The molecule has 0 aromatic heterocycles. The number of nitrogens with two attached hydrogens (primary N) is 1. The first-order valence-corrected chi connectivity index (χ1v) is 4.04. The van der Waals surface area contributed by atoms with Crippen LogP contribution in [-0.4, -0.2) is 11.7 Å². The molecule has 1 unspecified atom stereocenters. The van der Waals surface area contributed by atoms with Gasteiger partial charge in [0.1, 0.15) is 5.60 Å². The van der Waals surface area contributed by atoms with Crippen LogP contribution in [-0.2, 0) is 5.60 Å². The van der Waals surface area contributed by atoms with Crippen molar-refractivity contribution in [2.24, 2.45) is 5.73 Å². The van der Waals surface area contributed by atoms with E-state index in [-0.39, 0.29) is 6.54 Å². The van der Waals surface area contributed by atoms with Crippen molar-refractivity contribution in [3.05, 3.63) is 35.4 Å². The zero-order valence-electron chi connectivity index (χ0n) is 7.49. The van der Waals surface area contributed by atoms with E-state index >= 15 is 0 Å². The summed E-state index contributed by atoms with van der Waals surface area (Å²) in [4.78, 5) is 0. The van der Waals surface area contributed by atoms with Crippen molar-refractivity contribution < 1.29 is 5.11 Å². The zero-order chi connectivity index (χ0) is 9.90. The van der Waals surface area contributed by atoms with Gasteiger partial charge in [-0.05, 0) is 13.0 Å². The molecular weight excluding hydrogens is 164 g/mol. The highest BCUT2D eigenvalue weighted by molar-refractivity contribution is 5.40. The third-order valence-corrected chi connectivity index (χ3v) is 2.03. The number of nitriles is 1. The molecule has 1 aromatic rings. The predicted octanol–water partition coefficient (Wildman–Crippen LogP) is 0.724. The van der Waals surface area contributed by atoms with E-state index in [9.17, 15) is 5.11 Å². The first-order chi connectivity index (χ1) is 6.11. The summed E-state index contributed by atoms with van der Waals surface area (Å²) < 4.78 is 0. The molecule has 0 bridgehead atoms. The third-order valence-electron chi connectivity index (χ3n) is 2.03. The highest BCUT2D eigenvalue weighted by Crippen LogP contribution is 2.22. The van der Waals surface area contributed by atoms with Gasteiger partial charge in [-0.25, -0.2) is 0 Å². The molecule has 1 rings (SSSR count). The van der Waals surface area contributed by atoms with Crippen molar-refractivity contribution in [2.75, 3.05) is 6.54 Å². The molecule has 0 saturated heterocycles. The number of rotatable bonds is 2. The molecule has 3 heteroatoms. The summed E-state index contributed by atoms with van der Waals surface area (Å²) in [5.74, 6) is 0. The molecule has 0 saturated carbocycles. The Balaban J connectivity index is 3.22. The Hall–Kier alpha value is -1.37. The summed E-state index contributed by atoms with van der Waals surface area (Å²) in [5, 5.41) is 18.6. The molecule has 0 spiro atoms. The van der Waals surface area contributed by atoms with Gasteiger partial charge in [0.05, 0.1) is 11.6 Å². The van der Waals surface area contributed by atoms with E-state index in [1.807, 2.05) is 6.07 Å². The minimum Gasteiger partial charge on any atom is -0.384 e. The Morgan fingerprint density at radius 2 is 2.15 bits per heavy atom. The minimum absolute atomic E-state index is 0.103. The van der Waals surface area contributed by atoms with Gasteiger partial charge in [0.15, 0.2) is 0 Å². The van der Waals surface area contributed by atoms with Crippen LogP contribution in [0.3, 0.4) is 0 Å². The highest BCUT2D eigenvalue weighted by Gasteiger charge is 2.23. The molecule has 0 fully saturated rings. The summed E-state index contributed by atoms with van der Waals surface area (Å²) in [6, 6.07) is 8.94. The van der Waals surface area contributed by atoms with E-state index in [0.29, 0.717) is 11.1 Å². The fourth-order valence-electron chi connectivity index (χ4n) is 1.16. The third kappa shape index (κ3) is 1.86. The van der Waals surface area contributed by atoms with Crippen molar-refractivity contribution in [1.29, 1.82) is 5.26 Å². The van der Waals surface area contributed by atoms with Crippen LogP contribution in [0.4, 0.5) is 0 Å². The molecule has 1 aromatic carbocycles. The fraction of sp³-hybridized carbons (Fsp3) is 0.300. The van der Waals surface area contributed by atoms with Gasteiger partial charge in [0, 0.05) is 12.1 Å². The lowest BCUT2D eigenvalue weighted by Gasteiger charge is -2.22. The average molecular weight is 176 g/mol. The van der Waals surface area contributed by atoms with Crippen LogP contribution < -0.4 is 5.73 Å². The molecular formula is C10H12N2O.